The van der Waals surface area contributed by atoms with Gasteiger partial charge in [-0.15, -0.1) is 0 Å². The van der Waals surface area contributed by atoms with Gasteiger partial charge in [-0.05, 0) is 6.92 Å². The first-order valence-electron chi connectivity index (χ1n) is 5.57. The van der Waals surface area contributed by atoms with Crippen LogP contribution in [0.15, 0.2) is 0 Å². The molecule has 4 nitrogen and oxygen atoms in total. The summed E-state index contributed by atoms with van der Waals surface area (Å²) in [7, 11) is 0. The molecule has 1 unspecified atom stereocenters. The lowest BCUT2D eigenvalue weighted by Crippen LogP contribution is -2.33. The summed E-state index contributed by atoms with van der Waals surface area (Å²) in [5.41, 5.74) is 2.19. The summed E-state index contributed by atoms with van der Waals surface area (Å²) < 4.78 is 5.69. The third-order valence-electron chi connectivity index (χ3n) is 2.72. The fraction of sp³-hybridized carbons (Fsp3) is 0.727. The van der Waals surface area contributed by atoms with Gasteiger partial charge in [0.2, 0.25) is 0 Å². The Morgan fingerprint density at radius 1 is 1.47 bits per heavy atom. The van der Waals surface area contributed by atoms with Gasteiger partial charge in [-0.2, -0.15) is 0 Å². The molecule has 1 aliphatic rings. The predicted octanol–water partition coefficient (Wildman–Crippen LogP) is 1.50. The first kappa shape index (κ1) is 10.6. The van der Waals surface area contributed by atoms with E-state index in [0.29, 0.717) is 5.92 Å². The van der Waals surface area contributed by atoms with E-state index in [9.17, 15) is 0 Å². The van der Waals surface area contributed by atoms with Crippen LogP contribution >= 0.6 is 0 Å². The standard InChI is InChI=1S/C11H19N3O/c1-7(2)11-13-8(3)10(14-11)9-6-12-4-5-15-9/h7,9,12H,4-6H2,1-3H3,(H,13,14). The highest BCUT2D eigenvalue weighted by molar-refractivity contribution is 5.18. The van der Waals surface area contributed by atoms with Crippen LogP contribution in [-0.4, -0.2) is 29.7 Å². The van der Waals surface area contributed by atoms with Crippen molar-refractivity contribution in [2.75, 3.05) is 19.7 Å². The van der Waals surface area contributed by atoms with Gasteiger partial charge in [0.05, 0.1) is 12.3 Å². The normalized spacial score (nSPS) is 22.3. The molecular weight excluding hydrogens is 190 g/mol. The molecule has 2 rings (SSSR count). The number of nitrogens with zero attached hydrogens (tertiary/aromatic N) is 1. The van der Waals surface area contributed by atoms with E-state index in [1.807, 2.05) is 0 Å². The Balaban J connectivity index is 2.19. The highest BCUT2D eigenvalue weighted by Gasteiger charge is 2.21. The number of aromatic nitrogens is 2. The van der Waals surface area contributed by atoms with Crippen molar-refractivity contribution in [3.8, 4) is 0 Å². The van der Waals surface area contributed by atoms with Crippen molar-refractivity contribution in [2.24, 2.45) is 0 Å². The van der Waals surface area contributed by atoms with Gasteiger partial charge in [-0.3, -0.25) is 0 Å². The Morgan fingerprint density at radius 3 is 2.80 bits per heavy atom. The lowest BCUT2D eigenvalue weighted by atomic mass is 10.2. The third kappa shape index (κ3) is 2.21. The SMILES string of the molecule is Cc1[nH]c(C(C)C)nc1C1CNCCO1. The van der Waals surface area contributed by atoms with Crippen LogP contribution in [0.5, 0.6) is 0 Å². The average molecular weight is 209 g/mol. The molecule has 2 N–H and O–H groups in total. The lowest BCUT2D eigenvalue weighted by molar-refractivity contribution is 0.0248. The zero-order valence-electron chi connectivity index (χ0n) is 9.63. The maximum absolute atomic E-state index is 5.69. The van der Waals surface area contributed by atoms with Crippen LogP contribution in [0.4, 0.5) is 0 Å². The summed E-state index contributed by atoms with van der Waals surface area (Å²) in [5.74, 6) is 1.49. The van der Waals surface area contributed by atoms with Crippen molar-refractivity contribution in [2.45, 2.75) is 32.8 Å². The molecule has 1 saturated heterocycles. The van der Waals surface area contributed by atoms with E-state index in [2.05, 4.69) is 36.1 Å². The molecule has 2 heterocycles. The van der Waals surface area contributed by atoms with Crippen LogP contribution in [0, 0.1) is 6.92 Å². The smallest absolute Gasteiger partial charge is 0.114 e. The van der Waals surface area contributed by atoms with Gasteiger partial charge in [0.25, 0.3) is 0 Å². The minimum atomic E-state index is 0.113. The summed E-state index contributed by atoms with van der Waals surface area (Å²) in [6.07, 6.45) is 0.113. The molecule has 0 spiro atoms. The van der Waals surface area contributed by atoms with E-state index >= 15 is 0 Å². The summed E-state index contributed by atoms with van der Waals surface area (Å²) in [6, 6.07) is 0. The second-order valence-electron chi connectivity index (χ2n) is 4.35. The summed E-state index contributed by atoms with van der Waals surface area (Å²) in [4.78, 5) is 7.93. The molecule has 0 saturated carbocycles. The number of H-pyrrole nitrogens is 1. The van der Waals surface area contributed by atoms with Gasteiger partial charge in [-0.1, -0.05) is 13.8 Å². The lowest BCUT2D eigenvalue weighted by Gasteiger charge is -2.22. The number of aromatic amines is 1. The van der Waals surface area contributed by atoms with Gasteiger partial charge in [0.15, 0.2) is 0 Å². The van der Waals surface area contributed by atoms with Crippen LogP contribution in [0.2, 0.25) is 0 Å². The maximum atomic E-state index is 5.69. The molecule has 0 amide bonds. The van der Waals surface area contributed by atoms with E-state index in [1.54, 1.807) is 0 Å². The molecule has 1 fully saturated rings. The summed E-state index contributed by atoms with van der Waals surface area (Å²) in [6.45, 7) is 8.92. The van der Waals surface area contributed by atoms with Gasteiger partial charge in [-0.25, -0.2) is 4.98 Å². The molecule has 84 valence electrons. The number of hydrogen-bond acceptors (Lipinski definition) is 3. The van der Waals surface area contributed by atoms with Crippen LogP contribution in [0.1, 0.15) is 43.1 Å². The van der Waals surface area contributed by atoms with Crippen molar-refractivity contribution in [3.05, 3.63) is 17.2 Å². The predicted molar refractivity (Wildman–Crippen MR) is 59.0 cm³/mol. The van der Waals surface area contributed by atoms with Crippen molar-refractivity contribution >= 4 is 0 Å². The van der Waals surface area contributed by atoms with E-state index in [0.717, 1.165) is 36.9 Å². The molecule has 1 aromatic heterocycles. The Bertz CT molecular complexity index is 327. The van der Waals surface area contributed by atoms with Crippen LogP contribution in [-0.2, 0) is 4.74 Å². The van der Waals surface area contributed by atoms with Crippen molar-refractivity contribution in [3.63, 3.8) is 0 Å². The molecule has 1 aliphatic heterocycles. The van der Waals surface area contributed by atoms with Crippen LogP contribution in [0.25, 0.3) is 0 Å². The Kier molecular flexibility index (Phi) is 3.07. The topological polar surface area (TPSA) is 49.9 Å². The second-order valence-corrected chi connectivity index (χ2v) is 4.35. The summed E-state index contributed by atoms with van der Waals surface area (Å²) >= 11 is 0. The maximum Gasteiger partial charge on any atom is 0.114 e. The highest BCUT2D eigenvalue weighted by Crippen LogP contribution is 2.22. The second kappa shape index (κ2) is 4.33. The van der Waals surface area contributed by atoms with Gasteiger partial charge in [0, 0.05) is 24.7 Å². The molecule has 4 heteroatoms. The zero-order valence-corrected chi connectivity index (χ0v) is 9.63. The fourth-order valence-corrected chi connectivity index (χ4v) is 1.83. The van der Waals surface area contributed by atoms with Crippen molar-refractivity contribution in [1.82, 2.24) is 15.3 Å². The molecule has 1 aromatic rings. The Hall–Kier alpha value is -0.870. The van der Waals surface area contributed by atoms with E-state index in [1.165, 1.54) is 0 Å². The number of morpholine rings is 1. The van der Waals surface area contributed by atoms with E-state index in [-0.39, 0.29) is 6.10 Å². The van der Waals surface area contributed by atoms with Crippen molar-refractivity contribution in [1.29, 1.82) is 0 Å². The Labute approximate surface area is 90.4 Å². The Morgan fingerprint density at radius 2 is 2.27 bits per heavy atom. The van der Waals surface area contributed by atoms with E-state index in [4.69, 9.17) is 4.74 Å². The number of rotatable bonds is 2. The van der Waals surface area contributed by atoms with Crippen LogP contribution in [0.3, 0.4) is 0 Å². The molecule has 15 heavy (non-hydrogen) atoms. The number of imidazole rings is 1. The summed E-state index contributed by atoms with van der Waals surface area (Å²) in [5, 5.41) is 3.32. The largest absolute Gasteiger partial charge is 0.369 e. The molecule has 0 bridgehead atoms. The fourth-order valence-electron chi connectivity index (χ4n) is 1.83. The van der Waals surface area contributed by atoms with Gasteiger partial charge < -0.3 is 15.0 Å². The molecule has 0 aliphatic carbocycles. The number of ether oxygens (including phenoxy) is 1. The zero-order chi connectivity index (χ0) is 10.8. The number of nitrogens with one attached hydrogen (secondary N) is 2. The minimum Gasteiger partial charge on any atom is -0.369 e. The average Bonchev–Trinajstić information content (AvgIpc) is 2.62. The van der Waals surface area contributed by atoms with E-state index < -0.39 is 0 Å². The highest BCUT2D eigenvalue weighted by atomic mass is 16.5. The first-order valence-corrected chi connectivity index (χ1v) is 5.57. The number of aryl methyl sites for hydroxylation is 1. The van der Waals surface area contributed by atoms with Gasteiger partial charge in [0.1, 0.15) is 11.9 Å². The molecule has 0 aromatic carbocycles. The molecular formula is C11H19N3O. The quantitative estimate of drug-likeness (QED) is 0.776. The van der Waals surface area contributed by atoms with Gasteiger partial charge >= 0.3 is 0 Å². The monoisotopic (exact) mass is 209 g/mol. The minimum absolute atomic E-state index is 0.113. The molecule has 0 radical (unpaired) electrons. The van der Waals surface area contributed by atoms with Crippen molar-refractivity contribution < 1.29 is 4.74 Å². The van der Waals surface area contributed by atoms with Crippen LogP contribution < -0.4 is 5.32 Å². The third-order valence-corrected chi connectivity index (χ3v) is 2.72. The number of hydrogen-bond donors (Lipinski definition) is 2. The first-order chi connectivity index (χ1) is 7.18. The molecule has 1 atom stereocenters.